The number of aliphatic carboxylic acids is 2. The van der Waals surface area contributed by atoms with Crippen LogP contribution >= 0.6 is 23.4 Å². The van der Waals surface area contributed by atoms with Crippen LogP contribution in [0.1, 0.15) is 66.7 Å². The number of hydrogen-bond acceptors (Lipinski definition) is 13. The first-order chi connectivity index (χ1) is 24.2. The van der Waals surface area contributed by atoms with Crippen LogP contribution < -0.4 is 10.6 Å². The Morgan fingerprint density at radius 1 is 1.12 bits per heavy atom. The zero-order valence-corrected chi connectivity index (χ0v) is 29.1. The molecule has 51 heavy (non-hydrogen) atoms. The number of carboxylic acid groups (broad SMARTS) is 2. The van der Waals surface area contributed by atoms with Gasteiger partial charge in [-0.25, -0.2) is 9.59 Å². The van der Waals surface area contributed by atoms with E-state index in [0.717, 1.165) is 32.6 Å². The summed E-state index contributed by atoms with van der Waals surface area (Å²) in [6.07, 6.45) is -0.666. The van der Waals surface area contributed by atoms with Crippen molar-refractivity contribution in [3.8, 4) is 0 Å². The van der Waals surface area contributed by atoms with Gasteiger partial charge in [0.1, 0.15) is 5.69 Å². The first kappa shape index (κ1) is 36.2. The van der Waals surface area contributed by atoms with Gasteiger partial charge in [-0.2, -0.15) is 5.06 Å². The summed E-state index contributed by atoms with van der Waals surface area (Å²) in [4.78, 5) is 75.1. The van der Waals surface area contributed by atoms with Gasteiger partial charge in [0, 0.05) is 65.3 Å². The van der Waals surface area contributed by atoms with E-state index >= 15 is 0 Å². The highest BCUT2D eigenvalue weighted by Gasteiger charge is 2.46. The zero-order valence-electron chi connectivity index (χ0n) is 27.6. The molecule has 0 saturated heterocycles. The number of hydroxylamine groups is 2. The van der Waals surface area contributed by atoms with Gasteiger partial charge in [-0.1, -0.05) is 23.4 Å². The predicted molar refractivity (Wildman–Crippen MR) is 180 cm³/mol. The maximum atomic E-state index is 14.2. The molecule has 2 amide bonds. The molecule has 17 nitrogen and oxygen atoms in total. The van der Waals surface area contributed by atoms with Gasteiger partial charge in [-0.3, -0.25) is 14.4 Å². The molecule has 1 aliphatic carbocycles. The largest absolute Gasteiger partial charge is 0.481 e. The second kappa shape index (κ2) is 14.5. The molecule has 6 N–H and O–H groups in total. The summed E-state index contributed by atoms with van der Waals surface area (Å²) < 4.78 is 5.70. The van der Waals surface area contributed by atoms with E-state index in [1.807, 2.05) is 11.9 Å². The molecule has 2 aromatic heterocycles. The summed E-state index contributed by atoms with van der Waals surface area (Å²) in [5, 5.41) is 44.5. The summed E-state index contributed by atoms with van der Waals surface area (Å²) >= 11 is 7.28. The number of amides is 2. The van der Waals surface area contributed by atoms with Gasteiger partial charge in [0.25, 0.3) is 11.8 Å². The lowest BCUT2D eigenvalue weighted by Gasteiger charge is -2.37. The molecular weight excluding hydrogens is 710 g/mol. The number of carbonyl (C=O) groups is 5. The smallest absolute Gasteiger partial charge is 0.336 e. The van der Waals surface area contributed by atoms with E-state index in [2.05, 4.69) is 25.8 Å². The van der Waals surface area contributed by atoms with E-state index < -0.39 is 65.6 Å². The van der Waals surface area contributed by atoms with Crippen molar-refractivity contribution in [2.75, 3.05) is 20.1 Å². The number of aliphatic hydroxyl groups is 1. The highest BCUT2D eigenvalue weighted by atomic mass is 35.5. The Hall–Kier alpha value is -4.65. The normalized spacial score (nSPS) is 23.4. The van der Waals surface area contributed by atoms with Crippen molar-refractivity contribution in [1.29, 1.82) is 0 Å². The van der Waals surface area contributed by atoms with Crippen LogP contribution in [-0.4, -0.2) is 113 Å². The minimum absolute atomic E-state index is 0.229. The van der Waals surface area contributed by atoms with Gasteiger partial charge in [0.15, 0.2) is 11.0 Å². The van der Waals surface area contributed by atoms with E-state index in [1.165, 1.54) is 0 Å². The molecule has 0 radical (unpaired) electrons. The summed E-state index contributed by atoms with van der Waals surface area (Å²) in [7, 11) is 1.89. The van der Waals surface area contributed by atoms with Crippen LogP contribution in [0.3, 0.4) is 0 Å². The SMILES string of the molecule is Cc1nnc([C@H]2CC[C@H](NC(=O)c3cc4cc(Cl)ccc4[nH]3)[C@H](NC(=O)C3SC4=C(CCN(C)C4)N3OC(=O)CC(O)(CC(=O)O)C(=O)O)C2)o1. The lowest BCUT2D eigenvalue weighted by molar-refractivity contribution is -0.194. The quantitative estimate of drug-likeness (QED) is 0.165. The van der Waals surface area contributed by atoms with E-state index in [-0.39, 0.29) is 5.92 Å². The van der Waals surface area contributed by atoms with Gasteiger partial charge < -0.3 is 45.1 Å². The molecule has 4 heterocycles. The van der Waals surface area contributed by atoms with Crippen molar-refractivity contribution in [1.82, 2.24) is 35.8 Å². The van der Waals surface area contributed by atoms with Crippen molar-refractivity contribution < 1.29 is 48.5 Å². The molecular formula is C32H36ClN7O10S. The number of aryl methyl sites for hydroxylation is 1. The van der Waals surface area contributed by atoms with Crippen LogP contribution in [0, 0.1) is 6.92 Å². The Kier molecular flexibility index (Phi) is 10.3. The number of likely N-dealkylation sites (N-methyl/N-ethyl adjacent to an activating group) is 1. The summed E-state index contributed by atoms with van der Waals surface area (Å²) in [5.41, 5.74) is -1.36. The number of aromatic nitrogens is 3. The Morgan fingerprint density at radius 2 is 1.90 bits per heavy atom. The molecule has 0 bridgehead atoms. The lowest BCUT2D eigenvalue weighted by Crippen LogP contribution is -2.57. The molecule has 0 spiro atoms. The van der Waals surface area contributed by atoms with Gasteiger partial charge in [0.05, 0.1) is 18.5 Å². The fourth-order valence-corrected chi connectivity index (χ4v) is 8.07. The van der Waals surface area contributed by atoms with Crippen LogP contribution in [-0.2, 0) is 24.0 Å². The number of rotatable bonds is 11. The standard InChI is InChI=1S/C32H36ClN7O10S/c1-15-37-38-29(49-15)16-3-5-20(35-27(44)22-11-17-9-18(33)4-6-19(17)34-22)21(10-16)36-28(45)30-40(23-7-8-39(2)14-24(23)51-30)50-26(43)13-32(48,31(46)47)12-25(41)42/h4,6,9,11,16,20-21,30,34,48H,3,5,7-8,10,12-14H2,1-2H3,(H,35,44)(H,36,45)(H,41,42)(H,46,47)/t16-,20-,21+,30?,32?/m0/s1. The molecule has 2 unspecified atom stereocenters. The Labute approximate surface area is 299 Å². The first-order valence-electron chi connectivity index (χ1n) is 16.1. The Morgan fingerprint density at radius 3 is 2.61 bits per heavy atom. The highest BCUT2D eigenvalue weighted by molar-refractivity contribution is 8.04. The second-order valence-corrected chi connectivity index (χ2v) is 14.6. The van der Waals surface area contributed by atoms with Crippen molar-refractivity contribution in [2.45, 2.75) is 74.4 Å². The van der Waals surface area contributed by atoms with Crippen LogP contribution in [0.5, 0.6) is 0 Å². The van der Waals surface area contributed by atoms with E-state index in [9.17, 15) is 34.2 Å². The minimum Gasteiger partial charge on any atom is -0.481 e. The first-order valence-corrected chi connectivity index (χ1v) is 17.4. The van der Waals surface area contributed by atoms with Crippen molar-refractivity contribution >= 4 is 64.0 Å². The lowest BCUT2D eigenvalue weighted by atomic mass is 9.82. The van der Waals surface area contributed by atoms with Gasteiger partial charge in [0.2, 0.25) is 11.8 Å². The Balaban J connectivity index is 1.22. The molecule has 1 saturated carbocycles. The number of fused-ring (bicyclic) bond motifs is 1. The van der Waals surface area contributed by atoms with E-state index in [1.54, 1.807) is 31.2 Å². The van der Waals surface area contributed by atoms with Gasteiger partial charge in [-0.05, 0) is 50.6 Å². The minimum atomic E-state index is -2.93. The average molecular weight is 746 g/mol. The monoisotopic (exact) mass is 745 g/mol. The fraction of sp³-hybridized carbons (Fsp3) is 0.469. The number of thioether (sulfide) groups is 1. The summed E-state index contributed by atoms with van der Waals surface area (Å²) in [6.45, 7) is 2.70. The summed E-state index contributed by atoms with van der Waals surface area (Å²) in [5.74, 6) is -5.15. The van der Waals surface area contributed by atoms with Crippen LogP contribution in [0.4, 0.5) is 0 Å². The Bertz CT molecular complexity index is 1910. The number of carbonyl (C=O) groups excluding carboxylic acids is 3. The third kappa shape index (κ3) is 7.98. The number of halogens is 1. The maximum absolute atomic E-state index is 14.2. The molecule has 5 atom stereocenters. The molecule has 3 aliphatic rings. The number of H-pyrrole nitrogens is 1. The van der Waals surface area contributed by atoms with Gasteiger partial charge >= 0.3 is 17.9 Å². The van der Waals surface area contributed by atoms with Crippen molar-refractivity contribution in [3.05, 3.63) is 57.4 Å². The van der Waals surface area contributed by atoms with Gasteiger partial charge in [-0.15, -0.1) is 10.2 Å². The van der Waals surface area contributed by atoms with Crippen LogP contribution in [0.2, 0.25) is 5.02 Å². The molecule has 1 aromatic carbocycles. The van der Waals surface area contributed by atoms with Crippen LogP contribution in [0.25, 0.3) is 10.9 Å². The molecule has 2 aliphatic heterocycles. The number of benzene rings is 1. The summed E-state index contributed by atoms with van der Waals surface area (Å²) in [6, 6.07) is 5.73. The highest BCUT2D eigenvalue weighted by Crippen LogP contribution is 2.43. The molecule has 19 heteroatoms. The van der Waals surface area contributed by atoms with E-state index in [4.69, 9.17) is 26.0 Å². The van der Waals surface area contributed by atoms with Crippen LogP contribution in [0.15, 0.2) is 39.3 Å². The molecule has 1 fully saturated rings. The van der Waals surface area contributed by atoms with Crippen molar-refractivity contribution in [3.63, 3.8) is 0 Å². The third-order valence-electron chi connectivity index (χ3n) is 9.11. The van der Waals surface area contributed by atoms with E-state index in [0.29, 0.717) is 67.0 Å². The predicted octanol–water partition coefficient (Wildman–Crippen LogP) is 2.12. The topological polar surface area (TPSA) is 241 Å². The number of carboxylic acids is 2. The average Bonchev–Trinajstić information content (AvgIpc) is 3.78. The number of hydrogen-bond donors (Lipinski definition) is 6. The second-order valence-electron chi connectivity index (χ2n) is 13.0. The molecule has 6 rings (SSSR count). The maximum Gasteiger partial charge on any atom is 0.336 e. The zero-order chi connectivity index (χ0) is 36.6. The number of nitrogens with one attached hydrogen (secondary N) is 3. The third-order valence-corrected chi connectivity index (χ3v) is 10.6. The molecule has 3 aromatic rings. The van der Waals surface area contributed by atoms with Crippen molar-refractivity contribution in [2.24, 2.45) is 0 Å². The number of nitrogens with zero attached hydrogens (tertiary/aromatic N) is 4. The molecule has 272 valence electrons. The number of aromatic amines is 1. The fourth-order valence-electron chi connectivity index (χ4n) is 6.55.